The molecule has 2 rings (SSSR count). The molecule has 9 heteroatoms. The first-order chi connectivity index (χ1) is 11.0. The van der Waals surface area contributed by atoms with Gasteiger partial charge in [-0.05, 0) is 6.07 Å². The molecule has 23 heavy (non-hydrogen) atoms. The second kappa shape index (κ2) is 6.98. The highest BCUT2D eigenvalue weighted by Crippen LogP contribution is 2.22. The minimum Gasteiger partial charge on any atom is -0.434 e. The summed E-state index contributed by atoms with van der Waals surface area (Å²) in [5.74, 6) is -1.89. The van der Waals surface area contributed by atoms with Crippen LogP contribution in [-0.2, 0) is 19.1 Å². The number of anilines is 1. The Morgan fingerprint density at radius 3 is 2.74 bits per heavy atom. The summed E-state index contributed by atoms with van der Waals surface area (Å²) in [5, 5.41) is 8.18. The zero-order chi connectivity index (χ0) is 16.8. The van der Waals surface area contributed by atoms with E-state index in [9.17, 15) is 19.2 Å². The van der Waals surface area contributed by atoms with E-state index in [1.54, 1.807) is 24.3 Å². The summed E-state index contributed by atoms with van der Waals surface area (Å²) >= 11 is 0. The van der Waals surface area contributed by atoms with Crippen LogP contribution in [0.25, 0.3) is 0 Å². The number of hydrogen-bond donors (Lipinski definition) is 3. The predicted molar refractivity (Wildman–Crippen MR) is 79.2 cm³/mol. The molecule has 9 nitrogen and oxygen atoms in total. The molecule has 4 amide bonds. The lowest BCUT2D eigenvalue weighted by Crippen LogP contribution is -2.37. The molecule has 0 atom stereocenters. The van der Waals surface area contributed by atoms with Gasteiger partial charge in [-0.25, -0.2) is 10.2 Å². The van der Waals surface area contributed by atoms with Crippen molar-refractivity contribution in [1.82, 2.24) is 10.7 Å². The van der Waals surface area contributed by atoms with Crippen LogP contribution in [0.3, 0.4) is 0 Å². The first kappa shape index (κ1) is 15.9. The van der Waals surface area contributed by atoms with Crippen molar-refractivity contribution in [2.75, 3.05) is 5.32 Å². The molecule has 0 radical (unpaired) electrons. The smallest absolute Gasteiger partial charge is 0.342 e. The summed E-state index contributed by atoms with van der Waals surface area (Å²) < 4.78 is 4.40. The number of hydrazone groups is 1. The van der Waals surface area contributed by atoms with Gasteiger partial charge in [0.05, 0.1) is 11.9 Å². The maximum Gasteiger partial charge on any atom is 0.342 e. The molecular formula is C14H12N4O5. The fourth-order valence-corrected chi connectivity index (χ4v) is 1.69. The van der Waals surface area contributed by atoms with E-state index in [0.717, 1.165) is 19.3 Å². The average molecular weight is 316 g/mol. The Morgan fingerprint density at radius 2 is 2.00 bits per heavy atom. The van der Waals surface area contributed by atoms with E-state index in [2.05, 4.69) is 15.2 Å². The van der Waals surface area contributed by atoms with Crippen molar-refractivity contribution >= 4 is 35.2 Å². The third-order valence-electron chi connectivity index (χ3n) is 2.60. The second-order valence-corrected chi connectivity index (χ2v) is 4.30. The molecule has 1 aliphatic rings. The first-order valence-electron chi connectivity index (χ1n) is 6.40. The first-order valence-corrected chi connectivity index (χ1v) is 6.40. The number of esters is 1. The van der Waals surface area contributed by atoms with Gasteiger partial charge >= 0.3 is 12.0 Å². The molecule has 0 saturated heterocycles. The molecule has 0 bridgehead atoms. The number of rotatable bonds is 3. The number of nitrogens with one attached hydrogen (secondary N) is 3. The summed E-state index contributed by atoms with van der Waals surface area (Å²) in [6.45, 7) is 1.16. The van der Waals surface area contributed by atoms with Gasteiger partial charge in [0.15, 0.2) is 5.71 Å². The molecule has 118 valence electrons. The Hall–Kier alpha value is -3.49. The van der Waals surface area contributed by atoms with Gasteiger partial charge in [0.25, 0.3) is 11.8 Å². The number of para-hydroxylation sites is 1. The van der Waals surface area contributed by atoms with E-state index in [1.165, 1.54) is 0 Å². The van der Waals surface area contributed by atoms with E-state index in [1.807, 2.05) is 10.7 Å². The third-order valence-corrected chi connectivity index (χ3v) is 2.60. The average Bonchev–Trinajstić information content (AvgIpc) is 2.80. The Bertz CT molecular complexity index is 738. The van der Waals surface area contributed by atoms with E-state index >= 15 is 0 Å². The zero-order valence-electron chi connectivity index (χ0n) is 12.0. The number of nitrogens with zero attached hydrogens (tertiary/aromatic N) is 1. The Balaban J connectivity index is 1.94. The van der Waals surface area contributed by atoms with Gasteiger partial charge in [0.2, 0.25) is 0 Å². The van der Waals surface area contributed by atoms with Gasteiger partial charge in [-0.1, -0.05) is 18.2 Å². The molecule has 0 fully saturated rings. The van der Waals surface area contributed by atoms with E-state index in [-0.39, 0.29) is 5.71 Å². The minimum absolute atomic E-state index is 0.0265. The van der Waals surface area contributed by atoms with Crippen molar-refractivity contribution in [2.24, 2.45) is 5.10 Å². The van der Waals surface area contributed by atoms with Crippen LogP contribution in [-0.4, -0.2) is 29.5 Å². The van der Waals surface area contributed by atoms with E-state index < -0.39 is 23.8 Å². The normalized spacial score (nSPS) is 14.3. The highest BCUT2D eigenvalue weighted by molar-refractivity contribution is 6.53. The van der Waals surface area contributed by atoms with Gasteiger partial charge in [-0.15, -0.1) is 0 Å². The maximum atomic E-state index is 11.7. The second-order valence-electron chi connectivity index (χ2n) is 4.30. The molecule has 0 unspecified atom stereocenters. The highest BCUT2D eigenvalue weighted by atomic mass is 16.5. The van der Waals surface area contributed by atoms with Gasteiger partial charge in [0, 0.05) is 18.6 Å². The van der Waals surface area contributed by atoms with Crippen molar-refractivity contribution in [3.05, 3.63) is 42.2 Å². The van der Waals surface area contributed by atoms with Gasteiger partial charge in [0.1, 0.15) is 0 Å². The van der Waals surface area contributed by atoms with Gasteiger partial charge in [-0.2, -0.15) is 5.10 Å². The Labute approximate surface area is 130 Å². The van der Waals surface area contributed by atoms with Crippen molar-refractivity contribution < 1.29 is 23.9 Å². The summed E-state index contributed by atoms with van der Waals surface area (Å²) in [6, 6.07) is 5.89. The van der Waals surface area contributed by atoms with Crippen molar-refractivity contribution in [3.63, 3.8) is 0 Å². The summed E-state index contributed by atoms with van der Waals surface area (Å²) in [7, 11) is 0. The van der Waals surface area contributed by atoms with E-state index in [0.29, 0.717) is 11.3 Å². The largest absolute Gasteiger partial charge is 0.434 e. The maximum absolute atomic E-state index is 11.7. The number of ether oxygens (including phenoxy) is 1. The monoisotopic (exact) mass is 316 g/mol. The molecule has 1 aromatic rings. The lowest BCUT2D eigenvalue weighted by molar-refractivity contribution is -0.135. The number of fused-ring (bicyclic) bond motifs is 1. The molecule has 0 spiro atoms. The number of amides is 4. The van der Waals surface area contributed by atoms with Crippen LogP contribution < -0.4 is 16.1 Å². The molecule has 0 aliphatic carbocycles. The molecule has 3 N–H and O–H groups in total. The van der Waals surface area contributed by atoms with Gasteiger partial charge in [-0.3, -0.25) is 19.7 Å². The van der Waals surface area contributed by atoms with Crippen LogP contribution in [0, 0.1) is 0 Å². The molecule has 1 aromatic carbocycles. The number of carbonyl (C=O) groups excluding carboxylic acids is 4. The number of urea groups is 1. The van der Waals surface area contributed by atoms with Gasteiger partial charge < -0.3 is 10.1 Å². The van der Waals surface area contributed by atoms with Crippen LogP contribution in [0.15, 0.2) is 41.7 Å². The van der Waals surface area contributed by atoms with Crippen molar-refractivity contribution in [3.8, 4) is 0 Å². The molecule has 1 aliphatic heterocycles. The number of benzene rings is 1. The van der Waals surface area contributed by atoms with Crippen molar-refractivity contribution in [1.29, 1.82) is 0 Å². The molecule has 0 aromatic heterocycles. The predicted octanol–water partition coefficient (Wildman–Crippen LogP) is 0.245. The number of imide groups is 1. The molecule has 1 heterocycles. The topological polar surface area (TPSA) is 126 Å². The van der Waals surface area contributed by atoms with Crippen LogP contribution in [0.5, 0.6) is 0 Å². The Kier molecular flexibility index (Phi) is 4.82. The van der Waals surface area contributed by atoms with Crippen molar-refractivity contribution in [2.45, 2.75) is 6.92 Å². The third kappa shape index (κ3) is 4.24. The lowest BCUT2D eigenvalue weighted by atomic mass is 10.1. The fourth-order valence-electron chi connectivity index (χ4n) is 1.69. The number of hydrogen-bond acceptors (Lipinski definition) is 6. The summed E-state index contributed by atoms with van der Waals surface area (Å²) in [6.07, 6.45) is 1.70. The lowest BCUT2D eigenvalue weighted by Gasteiger charge is -2.01. The fraction of sp³-hybridized carbons (Fsp3) is 0.0714. The minimum atomic E-state index is -0.938. The standard InChI is InChI=1S/C14H12N4O5/c1-8(19)23-7-6-11(20)16-14(22)18-17-12-9-4-2-3-5-10(9)15-13(12)21/h2-7H,1H3,(H,15,17,21)(H2,16,18,20,22)/b7-6+. The SMILES string of the molecule is CC(=O)O/C=C/C(=O)NC(=O)N/N=C1\C(=O)Nc2ccccc21. The van der Waals surface area contributed by atoms with Crippen LogP contribution in [0.1, 0.15) is 12.5 Å². The summed E-state index contributed by atoms with van der Waals surface area (Å²) in [5.41, 5.74) is 3.19. The quantitative estimate of drug-likeness (QED) is 0.319. The Morgan fingerprint density at radius 1 is 1.26 bits per heavy atom. The molecular weight excluding hydrogens is 304 g/mol. The highest BCUT2D eigenvalue weighted by Gasteiger charge is 2.25. The zero-order valence-corrected chi connectivity index (χ0v) is 12.0. The number of carbonyl (C=O) groups is 4. The molecule has 0 saturated carbocycles. The van der Waals surface area contributed by atoms with Crippen LogP contribution in [0.4, 0.5) is 10.5 Å². The summed E-state index contributed by atoms with van der Waals surface area (Å²) in [4.78, 5) is 45.0. The van der Waals surface area contributed by atoms with Crippen LogP contribution >= 0.6 is 0 Å². The van der Waals surface area contributed by atoms with E-state index in [4.69, 9.17) is 0 Å². The van der Waals surface area contributed by atoms with Crippen LogP contribution in [0.2, 0.25) is 0 Å².